The van der Waals surface area contributed by atoms with E-state index in [1.165, 1.54) is 18.5 Å². The van der Waals surface area contributed by atoms with E-state index in [9.17, 15) is 4.79 Å². The van der Waals surface area contributed by atoms with Crippen molar-refractivity contribution in [2.24, 2.45) is 5.92 Å². The van der Waals surface area contributed by atoms with Crippen molar-refractivity contribution in [2.75, 3.05) is 18.0 Å². The number of anilines is 1. The zero-order valence-corrected chi connectivity index (χ0v) is 13.3. The summed E-state index contributed by atoms with van der Waals surface area (Å²) in [7, 11) is 0. The summed E-state index contributed by atoms with van der Waals surface area (Å²) in [5.41, 5.74) is 2.34. The lowest BCUT2D eigenvalue weighted by atomic mass is 9.96. The molecule has 2 aliphatic rings. The second-order valence-electron chi connectivity index (χ2n) is 6.71. The van der Waals surface area contributed by atoms with Crippen molar-refractivity contribution in [1.29, 1.82) is 0 Å². The average molecular weight is 310 g/mol. The molecule has 5 heteroatoms. The summed E-state index contributed by atoms with van der Waals surface area (Å²) in [4.78, 5) is 23.2. The highest BCUT2D eigenvalue weighted by atomic mass is 16.1. The Kier molecular flexibility index (Phi) is 3.85. The van der Waals surface area contributed by atoms with Crippen LogP contribution >= 0.6 is 0 Å². The van der Waals surface area contributed by atoms with Gasteiger partial charge >= 0.3 is 0 Å². The summed E-state index contributed by atoms with van der Waals surface area (Å²) in [6.45, 7) is 2.87. The first-order valence-electron chi connectivity index (χ1n) is 8.51. The first kappa shape index (κ1) is 14.4. The van der Waals surface area contributed by atoms with Crippen molar-refractivity contribution in [1.82, 2.24) is 14.5 Å². The predicted molar refractivity (Wildman–Crippen MR) is 89.6 cm³/mol. The number of aromatic nitrogens is 3. The summed E-state index contributed by atoms with van der Waals surface area (Å²) >= 11 is 0. The molecule has 1 saturated heterocycles. The number of nitrogens with zero attached hydrogens (tertiary/aromatic N) is 4. The van der Waals surface area contributed by atoms with E-state index in [-0.39, 0.29) is 5.56 Å². The van der Waals surface area contributed by atoms with Gasteiger partial charge in [0.1, 0.15) is 0 Å². The van der Waals surface area contributed by atoms with Crippen LogP contribution in [-0.4, -0.2) is 27.6 Å². The molecule has 0 unspecified atom stereocenters. The fourth-order valence-electron chi connectivity index (χ4n) is 3.39. The Morgan fingerprint density at radius 3 is 2.48 bits per heavy atom. The average Bonchev–Trinajstić information content (AvgIpc) is 3.43. The molecule has 0 atom stereocenters. The van der Waals surface area contributed by atoms with Crippen molar-refractivity contribution < 1.29 is 0 Å². The van der Waals surface area contributed by atoms with Gasteiger partial charge in [0, 0.05) is 49.7 Å². The van der Waals surface area contributed by atoms with E-state index in [4.69, 9.17) is 0 Å². The molecule has 0 aromatic carbocycles. The molecule has 1 saturated carbocycles. The molecule has 3 heterocycles. The maximum atomic E-state index is 12.2. The Bertz CT molecular complexity index is 715. The highest BCUT2D eigenvalue weighted by Crippen LogP contribution is 2.38. The van der Waals surface area contributed by atoms with Crippen molar-refractivity contribution in [2.45, 2.75) is 38.1 Å². The molecule has 0 spiro atoms. The van der Waals surface area contributed by atoms with Crippen molar-refractivity contribution in [3.63, 3.8) is 0 Å². The number of hydrogen-bond acceptors (Lipinski definition) is 4. The monoisotopic (exact) mass is 310 g/mol. The van der Waals surface area contributed by atoms with E-state index in [0.717, 1.165) is 38.2 Å². The molecule has 23 heavy (non-hydrogen) atoms. The first-order valence-corrected chi connectivity index (χ1v) is 8.51. The van der Waals surface area contributed by atoms with E-state index in [0.29, 0.717) is 11.8 Å². The third-order valence-corrected chi connectivity index (χ3v) is 4.99. The molecule has 0 N–H and O–H groups in total. The number of piperidine rings is 1. The molecule has 0 amide bonds. The van der Waals surface area contributed by atoms with Gasteiger partial charge in [-0.3, -0.25) is 14.3 Å². The zero-order valence-electron chi connectivity index (χ0n) is 13.3. The zero-order chi connectivity index (χ0) is 15.6. The molecule has 2 aromatic rings. The minimum Gasteiger partial charge on any atom is -0.371 e. The number of rotatable bonds is 4. The molecule has 2 aromatic heterocycles. The molecule has 0 bridgehead atoms. The predicted octanol–water partition coefficient (Wildman–Crippen LogP) is 2.43. The van der Waals surface area contributed by atoms with Crippen LogP contribution in [0.25, 0.3) is 0 Å². The molecule has 1 aliphatic heterocycles. The van der Waals surface area contributed by atoms with Crippen LogP contribution in [0.3, 0.4) is 0 Å². The highest BCUT2D eigenvalue weighted by Gasteiger charge is 2.26. The normalized spacial score (nSPS) is 19.0. The van der Waals surface area contributed by atoms with Crippen LogP contribution in [0.4, 0.5) is 5.69 Å². The van der Waals surface area contributed by atoms with Gasteiger partial charge in [-0.15, -0.1) is 0 Å². The van der Waals surface area contributed by atoms with Gasteiger partial charge in [-0.05, 0) is 43.7 Å². The standard InChI is InChI=1S/C18H22N4O/c23-18-11-17(15-1-2-15)20-13-22(18)12-14-5-9-21(10-6-14)16-3-7-19-8-4-16/h3-4,7-8,11,13-15H,1-2,5-6,9-10,12H2. The van der Waals surface area contributed by atoms with E-state index in [1.54, 1.807) is 17.0 Å². The number of pyridine rings is 1. The Hall–Kier alpha value is -2.17. The third kappa shape index (κ3) is 3.28. The van der Waals surface area contributed by atoms with Crippen LogP contribution in [0.15, 0.2) is 41.7 Å². The van der Waals surface area contributed by atoms with Gasteiger partial charge in [0.15, 0.2) is 0 Å². The summed E-state index contributed by atoms with van der Waals surface area (Å²) in [6.07, 6.45) is 10.0. The topological polar surface area (TPSA) is 51.0 Å². The Labute approximate surface area is 136 Å². The van der Waals surface area contributed by atoms with Crippen LogP contribution in [0.2, 0.25) is 0 Å². The number of hydrogen-bond donors (Lipinski definition) is 0. The van der Waals surface area contributed by atoms with Crippen LogP contribution in [0.1, 0.15) is 37.3 Å². The van der Waals surface area contributed by atoms with Gasteiger partial charge < -0.3 is 4.90 Å². The highest BCUT2D eigenvalue weighted by molar-refractivity contribution is 5.44. The van der Waals surface area contributed by atoms with E-state index >= 15 is 0 Å². The smallest absolute Gasteiger partial charge is 0.253 e. The van der Waals surface area contributed by atoms with Gasteiger partial charge in [-0.25, -0.2) is 4.98 Å². The molecule has 0 radical (unpaired) electrons. The molecular formula is C18H22N4O. The SMILES string of the molecule is O=c1cc(C2CC2)ncn1CC1CCN(c2ccncc2)CC1. The molecule has 120 valence electrons. The minimum absolute atomic E-state index is 0.110. The van der Waals surface area contributed by atoms with Crippen LogP contribution in [-0.2, 0) is 6.54 Å². The van der Waals surface area contributed by atoms with Crippen LogP contribution in [0.5, 0.6) is 0 Å². The summed E-state index contributed by atoms with van der Waals surface area (Å²) in [5, 5.41) is 0. The van der Waals surface area contributed by atoms with Crippen molar-refractivity contribution in [3.05, 3.63) is 53.0 Å². The van der Waals surface area contributed by atoms with Crippen molar-refractivity contribution >= 4 is 5.69 Å². The lowest BCUT2D eigenvalue weighted by Gasteiger charge is -2.33. The second-order valence-corrected chi connectivity index (χ2v) is 6.71. The quantitative estimate of drug-likeness (QED) is 0.870. The maximum Gasteiger partial charge on any atom is 0.253 e. The molecular weight excluding hydrogens is 288 g/mol. The third-order valence-electron chi connectivity index (χ3n) is 4.99. The lowest BCUT2D eigenvalue weighted by Crippen LogP contribution is -2.36. The van der Waals surface area contributed by atoms with Gasteiger partial charge in [0.2, 0.25) is 0 Å². The molecule has 1 aliphatic carbocycles. The van der Waals surface area contributed by atoms with Gasteiger partial charge in [0.05, 0.1) is 12.0 Å². The fraction of sp³-hybridized carbons (Fsp3) is 0.500. The second kappa shape index (κ2) is 6.14. The van der Waals surface area contributed by atoms with Gasteiger partial charge in [-0.1, -0.05) is 0 Å². The molecule has 4 rings (SSSR count). The van der Waals surface area contributed by atoms with Crippen LogP contribution in [0, 0.1) is 5.92 Å². The maximum absolute atomic E-state index is 12.2. The molecule has 2 fully saturated rings. The Morgan fingerprint density at radius 1 is 1.09 bits per heavy atom. The largest absolute Gasteiger partial charge is 0.371 e. The fourth-order valence-corrected chi connectivity index (χ4v) is 3.39. The first-order chi connectivity index (χ1) is 11.3. The Morgan fingerprint density at radius 2 is 1.83 bits per heavy atom. The van der Waals surface area contributed by atoms with Gasteiger partial charge in [-0.2, -0.15) is 0 Å². The summed E-state index contributed by atoms with van der Waals surface area (Å²) in [5.74, 6) is 1.10. The summed E-state index contributed by atoms with van der Waals surface area (Å²) < 4.78 is 1.79. The van der Waals surface area contributed by atoms with E-state index in [2.05, 4.69) is 27.0 Å². The van der Waals surface area contributed by atoms with Crippen molar-refractivity contribution in [3.8, 4) is 0 Å². The van der Waals surface area contributed by atoms with Gasteiger partial charge in [0.25, 0.3) is 5.56 Å². The lowest BCUT2D eigenvalue weighted by molar-refractivity contribution is 0.351. The van der Waals surface area contributed by atoms with Crippen LogP contribution < -0.4 is 10.5 Å². The summed E-state index contributed by atoms with van der Waals surface area (Å²) in [6, 6.07) is 5.86. The van der Waals surface area contributed by atoms with E-state index < -0.39 is 0 Å². The van der Waals surface area contributed by atoms with E-state index in [1.807, 2.05) is 12.4 Å². The molecule has 5 nitrogen and oxygen atoms in total. The Balaban J connectivity index is 1.37. The minimum atomic E-state index is 0.110.